The standard InChI is InChI=1S/C15H19NO2/c16-13(15(14(17)18)7-2-8-15)12-6-5-10-3-1-4-11(10)9-12/h5-6,9,13H,1-4,7-8,16H2,(H,17,18). The lowest BCUT2D eigenvalue weighted by molar-refractivity contribution is -0.156. The van der Waals surface area contributed by atoms with Crippen LogP contribution in [0.25, 0.3) is 0 Å². The second-order valence-corrected chi connectivity index (χ2v) is 5.67. The molecule has 3 N–H and O–H groups in total. The van der Waals surface area contributed by atoms with Gasteiger partial charge in [0.2, 0.25) is 0 Å². The molecule has 2 aliphatic rings. The Labute approximate surface area is 107 Å². The molecule has 0 aromatic heterocycles. The van der Waals surface area contributed by atoms with Crippen LogP contribution in [0.5, 0.6) is 0 Å². The Morgan fingerprint density at radius 2 is 1.94 bits per heavy atom. The molecular weight excluding hydrogens is 226 g/mol. The van der Waals surface area contributed by atoms with Gasteiger partial charge in [-0.05, 0) is 48.8 Å². The molecule has 1 fully saturated rings. The third-order valence-electron chi connectivity index (χ3n) is 4.75. The Morgan fingerprint density at radius 3 is 2.56 bits per heavy atom. The van der Waals surface area contributed by atoms with Gasteiger partial charge in [0, 0.05) is 6.04 Å². The molecule has 0 bridgehead atoms. The van der Waals surface area contributed by atoms with Crippen LogP contribution in [0.4, 0.5) is 0 Å². The number of benzene rings is 1. The maximum Gasteiger partial charge on any atom is 0.311 e. The van der Waals surface area contributed by atoms with Crippen LogP contribution in [0, 0.1) is 5.41 Å². The molecule has 3 rings (SSSR count). The van der Waals surface area contributed by atoms with E-state index < -0.39 is 11.4 Å². The lowest BCUT2D eigenvalue weighted by Crippen LogP contribution is -2.46. The van der Waals surface area contributed by atoms with Crippen molar-refractivity contribution >= 4 is 5.97 Å². The Hall–Kier alpha value is -1.35. The predicted octanol–water partition coefficient (Wildman–Crippen LogP) is 2.43. The van der Waals surface area contributed by atoms with E-state index in [0.29, 0.717) is 12.8 Å². The number of carbonyl (C=O) groups is 1. The molecule has 0 aliphatic heterocycles. The number of aliphatic carboxylic acids is 1. The van der Waals surface area contributed by atoms with Crippen molar-refractivity contribution in [2.75, 3.05) is 0 Å². The van der Waals surface area contributed by atoms with Crippen LogP contribution in [0.15, 0.2) is 18.2 Å². The highest BCUT2D eigenvalue weighted by atomic mass is 16.4. The summed E-state index contributed by atoms with van der Waals surface area (Å²) in [6.07, 6.45) is 5.86. The number of nitrogens with two attached hydrogens (primary N) is 1. The van der Waals surface area contributed by atoms with Gasteiger partial charge in [0.25, 0.3) is 0 Å². The van der Waals surface area contributed by atoms with Crippen molar-refractivity contribution in [3.63, 3.8) is 0 Å². The predicted molar refractivity (Wildman–Crippen MR) is 69.3 cm³/mol. The molecule has 3 heteroatoms. The maximum absolute atomic E-state index is 11.5. The largest absolute Gasteiger partial charge is 0.481 e. The van der Waals surface area contributed by atoms with Gasteiger partial charge in [-0.1, -0.05) is 24.6 Å². The molecular formula is C15H19NO2. The van der Waals surface area contributed by atoms with Crippen LogP contribution < -0.4 is 5.73 Å². The van der Waals surface area contributed by atoms with Gasteiger partial charge in [-0.3, -0.25) is 4.79 Å². The van der Waals surface area contributed by atoms with Crippen LogP contribution in [0.2, 0.25) is 0 Å². The van der Waals surface area contributed by atoms with Crippen LogP contribution in [-0.2, 0) is 17.6 Å². The topological polar surface area (TPSA) is 63.3 Å². The molecule has 0 saturated heterocycles. The second-order valence-electron chi connectivity index (χ2n) is 5.67. The zero-order chi connectivity index (χ0) is 12.8. The van der Waals surface area contributed by atoms with Gasteiger partial charge in [-0.25, -0.2) is 0 Å². The van der Waals surface area contributed by atoms with Crippen LogP contribution >= 0.6 is 0 Å². The molecule has 1 unspecified atom stereocenters. The van der Waals surface area contributed by atoms with Crippen molar-refractivity contribution in [3.8, 4) is 0 Å². The van der Waals surface area contributed by atoms with Gasteiger partial charge in [-0.2, -0.15) is 0 Å². The van der Waals surface area contributed by atoms with E-state index >= 15 is 0 Å². The molecule has 2 aliphatic carbocycles. The second kappa shape index (κ2) is 4.09. The highest BCUT2D eigenvalue weighted by Crippen LogP contribution is 2.49. The van der Waals surface area contributed by atoms with Gasteiger partial charge in [0.1, 0.15) is 0 Å². The quantitative estimate of drug-likeness (QED) is 0.859. The first-order valence-corrected chi connectivity index (χ1v) is 6.74. The van der Waals surface area contributed by atoms with E-state index in [1.165, 1.54) is 17.5 Å². The molecule has 1 atom stereocenters. The zero-order valence-electron chi connectivity index (χ0n) is 10.5. The fraction of sp³-hybridized carbons (Fsp3) is 0.533. The molecule has 0 heterocycles. The van der Waals surface area contributed by atoms with Crippen molar-refractivity contribution < 1.29 is 9.90 Å². The van der Waals surface area contributed by atoms with Crippen LogP contribution in [0.1, 0.15) is 48.4 Å². The number of carboxylic acid groups (broad SMARTS) is 1. The average Bonchev–Trinajstić information content (AvgIpc) is 2.73. The normalized spacial score (nSPS) is 22.1. The van der Waals surface area contributed by atoms with Crippen molar-refractivity contribution in [2.24, 2.45) is 11.1 Å². The minimum Gasteiger partial charge on any atom is -0.481 e. The van der Waals surface area contributed by atoms with Crippen LogP contribution in [-0.4, -0.2) is 11.1 Å². The van der Waals surface area contributed by atoms with E-state index in [1.807, 2.05) is 6.07 Å². The molecule has 0 spiro atoms. The molecule has 1 aromatic rings. The summed E-state index contributed by atoms with van der Waals surface area (Å²) in [5.41, 5.74) is 9.30. The minimum absolute atomic E-state index is 0.366. The first kappa shape index (κ1) is 11.7. The van der Waals surface area contributed by atoms with Crippen LogP contribution in [0.3, 0.4) is 0 Å². The Bertz CT molecular complexity index is 491. The smallest absolute Gasteiger partial charge is 0.311 e. The summed E-state index contributed by atoms with van der Waals surface area (Å²) in [5, 5.41) is 9.43. The van der Waals surface area contributed by atoms with Gasteiger partial charge in [0.05, 0.1) is 5.41 Å². The van der Waals surface area contributed by atoms with E-state index in [2.05, 4.69) is 12.1 Å². The van der Waals surface area contributed by atoms with E-state index in [1.54, 1.807) is 0 Å². The lowest BCUT2D eigenvalue weighted by Gasteiger charge is -2.42. The Kier molecular flexibility index (Phi) is 2.67. The first-order chi connectivity index (χ1) is 8.63. The summed E-state index contributed by atoms with van der Waals surface area (Å²) in [7, 11) is 0. The van der Waals surface area contributed by atoms with Crippen molar-refractivity contribution in [1.29, 1.82) is 0 Å². The summed E-state index contributed by atoms with van der Waals surface area (Å²) in [5.74, 6) is -0.734. The van der Waals surface area contributed by atoms with Crippen molar-refractivity contribution in [1.82, 2.24) is 0 Å². The summed E-state index contributed by atoms with van der Waals surface area (Å²) in [6.45, 7) is 0. The highest BCUT2D eigenvalue weighted by Gasteiger charge is 2.49. The molecule has 18 heavy (non-hydrogen) atoms. The fourth-order valence-electron chi connectivity index (χ4n) is 3.32. The third kappa shape index (κ3) is 1.57. The zero-order valence-corrected chi connectivity index (χ0v) is 10.5. The molecule has 1 saturated carbocycles. The monoisotopic (exact) mass is 245 g/mol. The number of carboxylic acids is 1. The van der Waals surface area contributed by atoms with Crippen molar-refractivity contribution in [3.05, 3.63) is 34.9 Å². The molecule has 1 aromatic carbocycles. The summed E-state index contributed by atoms with van der Waals surface area (Å²) in [4.78, 5) is 11.5. The van der Waals surface area contributed by atoms with Gasteiger partial charge >= 0.3 is 5.97 Å². The first-order valence-electron chi connectivity index (χ1n) is 6.74. The van der Waals surface area contributed by atoms with E-state index in [9.17, 15) is 9.90 Å². The third-order valence-corrected chi connectivity index (χ3v) is 4.75. The van der Waals surface area contributed by atoms with Gasteiger partial charge in [0.15, 0.2) is 0 Å². The summed E-state index contributed by atoms with van der Waals surface area (Å²) >= 11 is 0. The average molecular weight is 245 g/mol. The minimum atomic E-state index is -0.734. The van der Waals surface area contributed by atoms with E-state index in [-0.39, 0.29) is 6.04 Å². The molecule has 96 valence electrons. The molecule has 0 radical (unpaired) electrons. The van der Waals surface area contributed by atoms with Gasteiger partial charge < -0.3 is 10.8 Å². The van der Waals surface area contributed by atoms with E-state index in [4.69, 9.17) is 5.73 Å². The van der Waals surface area contributed by atoms with Crippen molar-refractivity contribution in [2.45, 2.75) is 44.6 Å². The number of hydrogen-bond donors (Lipinski definition) is 2. The fourth-order valence-corrected chi connectivity index (χ4v) is 3.32. The number of aryl methyl sites for hydroxylation is 2. The Balaban J connectivity index is 1.92. The molecule has 0 amide bonds. The molecule has 3 nitrogen and oxygen atoms in total. The number of fused-ring (bicyclic) bond motifs is 1. The SMILES string of the molecule is NC(c1ccc2c(c1)CCC2)C1(C(=O)O)CCC1. The highest BCUT2D eigenvalue weighted by molar-refractivity contribution is 5.77. The van der Waals surface area contributed by atoms with Gasteiger partial charge in [-0.15, -0.1) is 0 Å². The maximum atomic E-state index is 11.5. The van der Waals surface area contributed by atoms with E-state index in [0.717, 1.165) is 24.8 Å². The summed E-state index contributed by atoms with van der Waals surface area (Å²) in [6, 6.07) is 5.93. The number of rotatable bonds is 3. The number of hydrogen-bond acceptors (Lipinski definition) is 2. The summed E-state index contributed by atoms with van der Waals surface area (Å²) < 4.78 is 0. The lowest BCUT2D eigenvalue weighted by atomic mass is 9.62. The Morgan fingerprint density at radius 1 is 1.22 bits per heavy atom.